The molecule has 0 aromatic carbocycles. The molecule has 0 amide bonds. The summed E-state index contributed by atoms with van der Waals surface area (Å²) in [5.74, 6) is 1.62. The van der Waals surface area contributed by atoms with E-state index in [0.29, 0.717) is 12.4 Å². The van der Waals surface area contributed by atoms with Crippen LogP contribution in [0.15, 0.2) is 4.52 Å². The highest BCUT2D eigenvalue weighted by molar-refractivity contribution is 7.79. The number of ether oxygens (including phenoxy) is 1. The molecule has 14 heavy (non-hydrogen) atoms. The van der Waals surface area contributed by atoms with E-state index in [2.05, 4.69) is 17.8 Å². The molecular weight excluding hydrogens is 198 g/mol. The van der Waals surface area contributed by atoms with Crippen molar-refractivity contribution in [2.24, 2.45) is 0 Å². The molecule has 1 aromatic rings. The Hall–Kier alpha value is -0.480. The molecule has 0 unspecified atom stereocenters. The molecule has 2 heterocycles. The summed E-state index contributed by atoms with van der Waals surface area (Å²) in [7, 11) is 0. The second kappa shape index (κ2) is 3.00. The number of hydrogen-bond donors (Lipinski definition) is 1. The minimum absolute atomic E-state index is 0.121. The molecule has 1 spiro atoms. The predicted molar refractivity (Wildman–Crippen MR) is 54.1 cm³/mol. The van der Waals surface area contributed by atoms with Gasteiger partial charge in [0.15, 0.2) is 5.76 Å². The Morgan fingerprint density at radius 3 is 2.86 bits per heavy atom. The highest BCUT2D eigenvalue weighted by Gasteiger charge is 2.47. The summed E-state index contributed by atoms with van der Waals surface area (Å²) in [5.41, 5.74) is 1.98. The van der Waals surface area contributed by atoms with Crippen LogP contribution in [0.5, 0.6) is 0 Å². The number of thiol groups is 1. The maximum Gasteiger partial charge on any atom is 0.174 e. The number of rotatable bonds is 1. The Bertz CT molecular complexity index is 355. The van der Waals surface area contributed by atoms with E-state index >= 15 is 0 Å². The van der Waals surface area contributed by atoms with Gasteiger partial charge in [0.05, 0.1) is 12.3 Å². The van der Waals surface area contributed by atoms with Crippen molar-refractivity contribution in [1.29, 1.82) is 0 Å². The lowest BCUT2D eigenvalue weighted by atomic mass is 9.98. The molecule has 3 rings (SSSR count). The van der Waals surface area contributed by atoms with Gasteiger partial charge in [-0.15, -0.1) is 0 Å². The fourth-order valence-corrected chi connectivity index (χ4v) is 2.82. The Labute approximate surface area is 88.2 Å². The number of aromatic nitrogens is 1. The first-order valence-electron chi connectivity index (χ1n) is 5.08. The van der Waals surface area contributed by atoms with Gasteiger partial charge in [0.25, 0.3) is 0 Å². The van der Waals surface area contributed by atoms with Crippen LogP contribution in [0, 0.1) is 0 Å². The maximum absolute atomic E-state index is 5.89. The van der Waals surface area contributed by atoms with Crippen molar-refractivity contribution in [2.45, 2.75) is 43.6 Å². The van der Waals surface area contributed by atoms with Gasteiger partial charge in [-0.05, 0) is 25.7 Å². The summed E-state index contributed by atoms with van der Waals surface area (Å²) >= 11 is 4.23. The maximum atomic E-state index is 5.89. The van der Waals surface area contributed by atoms with Crippen molar-refractivity contribution in [2.75, 3.05) is 0 Å². The molecule has 1 aliphatic carbocycles. The molecule has 0 atom stereocenters. The van der Waals surface area contributed by atoms with Crippen molar-refractivity contribution < 1.29 is 9.26 Å². The zero-order valence-corrected chi connectivity index (χ0v) is 8.85. The van der Waals surface area contributed by atoms with Gasteiger partial charge in [0.1, 0.15) is 5.60 Å². The predicted octanol–water partition coefficient (Wildman–Crippen LogP) is 2.40. The van der Waals surface area contributed by atoms with Crippen LogP contribution in [0.1, 0.15) is 42.7 Å². The highest BCUT2D eigenvalue weighted by atomic mass is 32.1. The molecule has 1 aromatic heterocycles. The van der Waals surface area contributed by atoms with Gasteiger partial charge in [-0.2, -0.15) is 12.6 Å². The Morgan fingerprint density at radius 2 is 2.14 bits per heavy atom. The standard InChI is InChI=1S/C10H13NO2S/c14-6-8-7-5-12-10(3-1-2-4-10)9(7)13-11-8/h14H,1-6H2. The van der Waals surface area contributed by atoms with E-state index in [1.165, 1.54) is 12.8 Å². The molecule has 3 nitrogen and oxygen atoms in total. The molecule has 2 aliphatic rings. The number of fused-ring (bicyclic) bond motifs is 2. The average molecular weight is 211 g/mol. The summed E-state index contributed by atoms with van der Waals surface area (Å²) in [6, 6.07) is 0. The molecular formula is C10H13NO2S. The van der Waals surface area contributed by atoms with E-state index in [0.717, 1.165) is 29.9 Å². The summed E-state index contributed by atoms with van der Waals surface area (Å²) < 4.78 is 11.3. The summed E-state index contributed by atoms with van der Waals surface area (Å²) in [4.78, 5) is 0. The third kappa shape index (κ3) is 1.01. The van der Waals surface area contributed by atoms with Crippen LogP contribution in [-0.2, 0) is 22.7 Å². The normalized spacial score (nSPS) is 23.2. The fourth-order valence-electron chi connectivity index (χ4n) is 2.57. The van der Waals surface area contributed by atoms with Crippen molar-refractivity contribution in [3.05, 3.63) is 17.0 Å². The summed E-state index contributed by atoms with van der Waals surface area (Å²) in [6.07, 6.45) is 4.63. The number of nitrogens with zero attached hydrogens (tertiary/aromatic N) is 1. The molecule has 0 saturated heterocycles. The van der Waals surface area contributed by atoms with Crippen LogP contribution in [0.2, 0.25) is 0 Å². The van der Waals surface area contributed by atoms with Crippen molar-refractivity contribution in [3.8, 4) is 0 Å². The molecule has 4 heteroatoms. The third-order valence-corrected chi connectivity index (χ3v) is 3.64. The summed E-state index contributed by atoms with van der Waals surface area (Å²) in [5, 5.41) is 4.04. The zero-order valence-electron chi connectivity index (χ0n) is 7.95. The Balaban J connectivity index is 2.05. The van der Waals surface area contributed by atoms with Crippen LogP contribution in [0.3, 0.4) is 0 Å². The van der Waals surface area contributed by atoms with Gasteiger partial charge in [-0.3, -0.25) is 0 Å². The van der Waals surface area contributed by atoms with Gasteiger partial charge in [0.2, 0.25) is 0 Å². The lowest BCUT2D eigenvalue weighted by Gasteiger charge is -2.19. The van der Waals surface area contributed by atoms with E-state index in [9.17, 15) is 0 Å². The lowest BCUT2D eigenvalue weighted by molar-refractivity contribution is -0.0486. The third-order valence-electron chi connectivity index (χ3n) is 3.34. The minimum Gasteiger partial charge on any atom is -0.362 e. The fraction of sp³-hybridized carbons (Fsp3) is 0.700. The largest absolute Gasteiger partial charge is 0.362 e. The molecule has 1 aliphatic heterocycles. The van der Waals surface area contributed by atoms with Gasteiger partial charge in [0, 0.05) is 11.3 Å². The van der Waals surface area contributed by atoms with Crippen LogP contribution in [0.25, 0.3) is 0 Å². The molecule has 0 radical (unpaired) electrons. The second-order valence-electron chi connectivity index (χ2n) is 4.09. The zero-order chi connectivity index (χ0) is 9.60. The highest BCUT2D eigenvalue weighted by Crippen LogP contribution is 2.48. The first-order chi connectivity index (χ1) is 6.86. The SMILES string of the molecule is SCc1noc2c1COC21CCCC1. The first-order valence-corrected chi connectivity index (χ1v) is 5.72. The monoisotopic (exact) mass is 211 g/mol. The van der Waals surface area contributed by atoms with Crippen molar-refractivity contribution in [1.82, 2.24) is 5.16 Å². The van der Waals surface area contributed by atoms with Crippen LogP contribution in [0.4, 0.5) is 0 Å². The van der Waals surface area contributed by atoms with Crippen LogP contribution >= 0.6 is 12.6 Å². The van der Waals surface area contributed by atoms with Gasteiger partial charge in [-0.25, -0.2) is 0 Å². The Morgan fingerprint density at radius 1 is 1.36 bits per heavy atom. The van der Waals surface area contributed by atoms with E-state index in [4.69, 9.17) is 9.26 Å². The molecule has 76 valence electrons. The minimum atomic E-state index is -0.121. The molecule has 0 N–H and O–H groups in total. The van der Waals surface area contributed by atoms with Gasteiger partial charge >= 0.3 is 0 Å². The van der Waals surface area contributed by atoms with Crippen molar-refractivity contribution in [3.63, 3.8) is 0 Å². The van der Waals surface area contributed by atoms with Gasteiger partial charge in [-0.1, -0.05) is 5.16 Å². The average Bonchev–Trinajstić information content (AvgIpc) is 2.88. The lowest BCUT2D eigenvalue weighted by Crippen LogP contribution is -2.19. The van der Waals surface area contributed by atoms with Crippen molar-refractivity contribution >= 4 is 12.6 Å². The molecule has 1 saturated carbocycles. The van der Waals surface area contributed by atoms with E-state index < -0.39 is 0 Å². The molecule has 1 fully saturated rings. The quantitative estimate of drug-likeness (QED) is 0.724. The van der Waals surface area contributed by atoms with Gasteiger partial charge < -0.3 is 9.26 Å². The van der Waals surface area contributed by atoms with Crippen LogP contribution < -0.4 is 0 Å². The molecule has 0 bridgehead atoms. The number of hydrogen-bond acceptors (Lipinski definition) is 4. The second-order valence-corrected chi connectivity index (χ2v) is 4.40. The smallest absolute Gasteiger partial charge is 0.174 e. The van der Waals surface area contributed by atoms with E-state index in [-0.39, 0.29) is 5.60 Å². The Kier molecular flexibility index (Phi) is 1.89. The summed E-state index contributed by atoms with van der Waals surface area (Å²) in [6.45, 7) is 0.661. The van der Waals surface area contributed by atoms with Crippen LogP contribution in [-0.4, -0.2) is 5.16 Å². The van der Waals surface area contributed by atoms with E-state index in [1.54, 1.807) is 0 Å². The first kappa shape index (κ1) is 8.80. The topological polar surface area (TPSA) is 35.3 Å². The van der Waals surface area contributed by atoms with E-state index in [1.807, 2.05) is 0 Å².